The lowest BCUT2D eigenvalue weighted by Crippen LogP contribution is -2.28. The van der Waals surface area contributed by atoms with Crippen LogP contribution < -0.4 is 14.3 Å². The van der Waals surface area contributed by atoms with Crippen LogP contribution in [0.4, 0.5) is 11.4 Å². The molecular formula is C18H20ClN3O6S2. The van der Waals surface area contributed by atoms with Crippen molar-refractivity contribution >= 4 is 48.9 Å². The van der Waals surface area contributed by atoms with Gasteiger partial charge in [-0.3, -0.25) is 9.10 Å². The summed E-state index contributed by atoms with van der Waals surface area (Å²) in [6.45, 7) is 0.130. The number of hydrogen-bond acceptors (Lipinski definition) is 6. The van der Waals surface area contributed by atoms with Crippen LogP contribution in [0.3, 0.4) is 0 Å². The van der Waals surface area contributed by atoms with E-state index in [9.17, 15) is 26.7 Å². The summed E-state index contributed by atoms with van der Waals surface area (Å²) in [5.41, 5.74) is 0.369. The Bertz CT molecular complexity index is 1170. The highest BCUT2D eigenvalue weighted by Gasteiger charge is 2.29. The predicted molar refractivity (Wildman–Crippen MR) is 114 cm³/mol. The van der Waals surface area contributed by atoms with Gasteiger partial charge in [0, 0.05) is 19.5 Å². The number of aromatic hydroxyl groups is 1. The smallest absolute Gasteiger partial charge is 0.242 e. The molecule has 1 fully saturated rings. The molecule has 1 aliphatic rings. The van der Waals surface area contributed by atoms with Crippen LogP contribution in [0.5, 0.6) is 5.75 Å². The van der Waals surface area contributed by atoms with E-state index in [1.54, 1.807) is 6.07 Å². The molecule has 12 heteroatoms. The SMILES string of the molecule is O=C(CCNS(=O)(=O)c1ccccc1Cl)Nc1cc(N2CCCS2(=O)=O)ccc1O. The van der Waals surface area contributed by atoms with Crippen LogP contribution in [-0.4, -0.2) is 46.7 Å². The maximum atomic E-state index is 12.3. The Labute approximate surface area is 179 Å². The first-order valence-corrected chi connectivity index (χ1v) is 12.4. The maximum absolute atomic E-state index is 12.3. The van der Waals surface area contributed by atoms with Crippen molar-refractivity contribution in [2.45, 2.75) is 17.7 Å². The molecule has 1 aliphatic heterocycles. The molecule has 2 aromatic carbocycles. The van der Waals surface area contributed by atoms with Crippen LogP contribution in [0.2, 0.25) is 5.02 Å². The van der Waals surface area contributed by atoms with Crippen molar-refractivity contribution < 1.29 is 26.7 Å². The summed E-state index contributed by atoms with van der Waals surface area (Å²) in [5.74, 6) is -0.754. The minimum Gasteiger partial charge on any atom is -0.506 e. The van der Waals surface area contributed by atoms with Gasteiger partial charge in [-0.2, -0.15) is 0 Å². The summed E-state index contributed by atoms with van der Waals surface area (Å²) in [5, 5.41) is 12.5. The Kier molecular flexibility index (Phi) is 6.56. The van der Waals surface area contributed by atoms with E-state index in [0.717, 1.165) is 0 Å². The largest absolute Gasteiger partial charge is 0.506 e. The van der Waals surface area contributed by atoms with Gasteiger partial charge in [0.1, 0.15) is 10.6 Å². The fraction of sp³-hybridized carbons (Fsp3) is 0.278. The van der Waals surface area contributed by atoms with Crippen molar-refractivity contribution in [1.82, 2.24) is 4.72 Å². The summed E-state index contributed by atoms with van der Waals surface area (Å²) < 4.78 is 52.2. The maximum Gasteiger partial charge on any atom is 0.242 e. The molecule has 1 saturated heterocycles. The first-order chi connectivity index (χ1) is 14.1. The highest BCUT2D eigenvalue weighted by atomic mass is 35.5. The standard InChI is InChI=1S/C18H20ClN3O6S2/c19-14-4-1-2-5-17(14)30(27,28)20-9-8-18(24)21-15-12-13(6-7-16(15)23)22-10-3-11-29(22,25)26/h1-2,4-7,12,20,23H,3,8-11H2,(H,21,24). The number of nitrogens with zero attached hydrogens (tertiary/aromatic N) is 1. The molecule has 9 nitrogen and oxygen atoms in total. The molecule has 0 aliphatic carbocycles. The van der Waals surface area contributed by atoms with E-state index in [0.29, 0.717) is 18.7 Å². The van der Waals surface area contributed by atoms with Gasteiger partial charge in [0.15, 0.2) is 0 Å². The van der Waals surface area contributed by atoms with Gasteiger partial charge in [-0.25, -0.2) is 21.6 Å². The quantitative estimate of drug-likeness (QED) is 0.526. The lowest BCUT2D eigenvalue weighted by molar-refractivity contribution is -0.116. The zero-order valence-electron chi connectivity index (χ0n) is 15.7. The molecule has 0 saturated carbocycles. The minimum atomic E-state index is -3.88. The van der Waals surface area contributed by atoms with Gasteiger partial charge in [0.2, 0.25) is 26.0 Å². The van der Waals surface area contributed by atoms with Crippen molar-refractivity contribution in [2.75, 3.05) is 28.5 Å². The number of carbonyl (C=O) groups excluding carboxylic acids is 1. The minimum absolute atomic E-state index is 0.0357. The first-order valence-electron chi connectivity index (χ1n) is 8.98. The second-order valence-corrected chi connectivity index (χ2v) is 10.7. The zero-order chi connectivity index (χ0) is 21.9. The summed E-state index contributed by atoms with van der Waals surface area (Å²) in [6.07, 6.45) is 0.284. The number of rotatable bonds is 7. The third-order valence-electron chi connectivity index (χ3n) is 4.41. The van der Waals surface area contributed by atoms with Gasteiger partial charge < -0.3 is 10.4 Å². The number of benzene rings is 2. The number of phenols is 1. The lowest BCUT2D eigenvalue weighted by Gasteiger charge is -2.18. The second-order valence-electron chi connectivity index (χ2n) is 6.57. The van der Waals surface area contributed by atoms with Gasteiger partial charge in [-0.1, -0.05) is 23.7 Å². The number of nitrogens with one attached hydrogen (secondary N) is 2. The van der Waals surface area contributed by atoms with Crippen molar-refractivity contribution in [2.24, 2.45) is 0 Å². The number of phenolic OH excluding ortho intramolecular Hbond substituents is 1. The Balaban J connectivity index is 1.63. The van der Waals surface area contributed by atoms with Gasteiger partial charge in [-0.05, 0) is 36.8 Å². The molecule has 0 spiro atoms. The molecule has 0 radical (unpaired) electrons. The molecule has 162 valence electrons. The zero-order valence-corrected chi connectivity index (χ0v) is 18.1. The number of hydrogen-bond donors (Lipinski definition) is 3. The van der Waals surface area contributed by atoms with Crippen LogP contribution in [0, 0.1) is 0 Å². The van der Waals surface area contributed by atoms with E-state index < -0.39 is 26.0 Å². The van der Waals surface area contributed by atoms with E-state index in [1.807, 2.05) is 0 Å². The fourth-order valence-electron chi connectivity index (χ4n) is 2.96. The average Bonchev–Trinajstić information content (AvgIpc) is 3.02. The monoisotopic (exact) mass is 473 g/mol. The molecule has 1 amide bonds. The summed E-state index contributed by atoms with van der Waals surface area (Å²) >= 11 is 5.89. The van der Waals surface area contributed by atoms with Gasteiger partial charge in [0.05, 0.1) is 22.2 Å². The first kappa shape index (κ1) is 22.3. The highest BCUT2D eigenvalue weighted by molar-refractivity contribution is 7.93. The van der Waals surface area contributed by atoms with E-state index in [1.165, 1.54) is 40.7 Å². The lowest BCUT2D eigenvalue weighted by atomic mass is 10.2. The molecule has 0 aromatic heterocycles. The Hall–Kier alpha value is -2.34. The van der Waals surface area contributed by atoms with E-state index in [2.05, 4.69) is 10.0 Å². The summed E-state index contributed by atoms with van der Waals surface area (Å²) in [4.78, 5) is 12.1. The number of anilines is 2. The average molecular weight is 474 g/mol. The normalized spacial score (nSPS) is 15.8. The number of carbonyl (C=O) groups is 1. The summed E-state index contributed by atoms with van der Waals surface area (Å²) in [6, 6.07) is 10.0. The van der Waals surface area contributed by atoms with Crippen molar-refractivity contribution in [3.63, 3.8) is 0 Å². The molecule has 1 heterocycles. The number of sulfonamides is 2. The Morgan fingerprint density at radius 3 is 2.60 bits per heavy atom. The Morgan fingerprint density at radius 1 is 1.20 bits per heavy atom. The van der Waals surface area contributed by atoms with Crippen LogP contribution >= 0.6 is 11.6 Å². The molecule has 3 rings (SSSR count). The predicted octanol–water partition coefficient (Wildman–Crippen LogP) is 1.89. The molecular weight excluding hydrogens is 454 g/mol. The van der Waals surface area contributed by atoms with Crippen LogP contribution in [0.25, 0.3) is 0 Å². The third-order valence-corrected chi connectivity index (χ3v) is 8.24. The number of halogens is 1. The number of amides is 1. The van der Waals surface area contributed by atoms with Crippen LogP contribution in [0.1, 0.15) is 12.8 Å². The topological polar surface area (TPSA) is 133 Å². The molecule has 0 bridgehead atoms. The Morgan fingerprint density at radius 2 is 1.93 bits per heavy atom. The van der Waals surface area contributed by atoms with Gasteiger partial charge in [-0.15, -0.1) is 0 Å². The van der Waals surface area contributed by atoms with Crippen LogP contribution in [0.15, 0.2) is 47.4 Å². The van der Waals surface area contributed by atoms with Crippen molar-refractivity contribution in [3.8, 4) is 5.75 Å². The van der Waals surface area contributed by atoms with E-state index in [4.69, 9.17) is 11.6 Å². The molecule has 0 unspecified atom stereocenters. The summed E-state index contributed by atoms with van der Waals surface area (Å²) in [7, 11) is -7.29. The van der Waals surface area contributed by atoms with Gasteiger partial charge >= 0.3 is 0 Å². The molecule has 3 N–H and O–H groups in total. The van der Waals surface area contributed by atoms with Crippen molar-refractivity contribution in [3.05, 3.63) is 47.5 Å². The fourth-order valence-corrected chi connectivity index (χ4v) is 6.07. The molecule has 2 aromatic rings. The van der Waals surface area contributed by atoms with E-state index >= 15 is 0 Å². The third kappa shape index (κ3) is 5.04. The highest BCUT2D eigenvalue weighted by Crippen LogP contribution is 2.32. The van der Waals surface area contributed by atoms with Crippen LogP contribution in [-0.2, 0) is 24.8 Å². The van der Waals surface area contributed by atoms with Gasteiger partial charge in [0.25, 0.3) is 0 Å². The molecule has 0 atom stereocenters. The molecule has 30 heavy (non-hydrogen) atoms. The van der Waals surface area contributed by atoms with Crippen molar-refractivity contribution in [1.29, 1.82) is 0 Å². The van der Waals surface area contributed by atoms with E-state index in [-0.39, 0.29) is 40.1 Å². The second kappa shape index (κ2) is 8.80.